The molecule has 1 aromatic carbocycles. The van der Waals surface area contributed by atoms with Gasteiger partial charge in [-0.25, -0.2) is 4.39 Å². The summed E-state index contributed by atoms with van der Waals surface area (Å²) in [4.78, 5) is 0. The number of hydrogen-bond donors (Lipinski definition) is 3. The van der Waals surface area contributed by atoms with Gasteiger partial charge in [0, 0.05) is 24.4 Å². The Bertz CT molecular complexity index is 439. The van der Waals surface area contributed by atoms with Crippen molar-refractivity contribution in [3.63, 3.8) is 0 Å². The zero-order valence-corrected chi connectivity index (χ0v) is 11.9. The van der Waals surface area contributed by atoms with Crippen LogP contribution >= 0.6 is 22.6 Å². The predicted octanol–water partition coefficient (Wildman–Crippen LogP) is 1.55. The predicted molar refractivity (Wildman–Crippen MR) is 75.0 cm³/mol. The van der Waals surface area contributed by atoms with E-state index in [4.69, 9.17) is 25.7 Å². The molecule has 0 heterocycles. The molecule has 0 amide bonds. The van der Waals surface area contributed by atoms with Crippen LogP contribution in [0.5, 0.6) is 5.75 Å². The number of aliphatic hydroxyl groups is 1. The van der Waals surface area contributed by atoms with E-state index >= 15 is 0 Å². The molecule has 1 atom stereocenters. The number of aliphatic hydroxyl groups excluding tert-OH is 1. The summed E-state index contributed by atoms with van der Waals surface area (Å²) >= 11 is 1.75. The molecule has 4 N–H and O–H groups in total. The first kappa shape index (κ1) is 15.1. The van der Waals surface area contributed by atoms with E-state index < -0.39 is 11.9 Å². The number of nitrogens with one attached hydrogen (secondary N) is 1. The molecule has 0 fully saturated rings. The van der Waals surface area contributed by atoms with E-state index in [-0.39, 0.29) is 28.4 Å². The first-order chi connectivity index (χ1) is 8.49. The van der Waals surface area contributed by atoms with Gasteiger partial charge in [0.05, 0.1) is 6.61 Å². The summed E-state index contributed by atoms with van der Waals surface area (Å²) in [5.74, 6) is -0.627. The second kappa shape index (κ2) is 6.86. The van der Waals surface area contributed by atoms with Gasteiger partial charge in [-0.3, -0.25) is 5.41 Å². The number of nitrogens with two attached hydrogens (primary N) is 1. The van der Waals surface area contributed by atoms with Crippen molar-refractivity contribution < 1.29 is 19.0 Å². The zero-order valence-electron chi connectivity index (χ0n) is 9.74. The molecule has 1 unspecified atom stereocenters. The lowest BCUT2D eigenvalue weighted by Crippen LogP contribution is -2.24. The summed E-state index contributed by atoms with van der Waals surface area (Å²) in [6, 6.07) is 2.47. The molecule has 0 radical (unpaired) electrons. The summed E-state index contributed by atoms with van der Waals surface area (Å²) in [6.07, 6.45) is -0.520. The van der Waals surface area contributed by atoms with Crippen molar-refractivity contribution in [1.82, 2.24) is 0 Å². The van der Waals surface area contributed by atoms with Gasteiger partial charge in [0.2, 0.25) is 0 Å². The molecule has 5 nitrogen and oxygen atoms in total. The smallest absolute Gasteiger partial charge is 0.165 e. The Labute approximate surface area is 118 Å². The van der Waals surface area contributed by atoms with E-state index in [2.05, 4.69) is 0 Å². The molecule has 0 saturated heterocycles. The van der Waals surface area contributed by atoms with Crippen LogP contribution < -0.4 is 10.5 Å². The highest BCUT2D eigenvalue weighted by molar-refractivity contribution is 14.1. The Morgan fingerprint density at radius 2 is 2.28 bits per heavy atom. The van der Waals surface area contributed by atoms with E-state index in [1.54, 1.807) is 22.6 Å². The lowest BCUT2D eigenvalue weighted by Gasteiger charge is -2.15. The summed E-state index contributed by atoms with van der Waals surface area (Å²) in [5.41, 5.74) is 6.28. The monoisotopic (exact) mass is 368 g/mol. The van der Waals surface area contributed by atoms with Gasteiger partial charge >= 0.3 is 0 Å². The maximum atomic E-state index is 13.7. The summed E-state index contributed by atoms with van der Waals surface area (Å²) in [5, 5.41) is 16.3. The fourth-order valence-electron chi connectivity index (χ4n) is 1.25. The SMILES string of the molecule is COC(CO)COc1cc(N)c(C(=N)I)cc1F. The standard InChI is InChI=1S/C11H14FIN2O3/c1-17-6(4-16)5-18-10-3-9(14)7(11(13)15)2-8(10)12/h2-3,6,15-16H,4-5,14H2,1H3. The molecule has 0 saturated carbocycles. The average molecular weight is 368 g/mol. The largest absolute Gasteiger partial charge is 0.488 e. The Kier molecular flexibility index (Phi) is 5.76. The maximum absolute atomic E-state index is 13.7. The number of nitrogen functional groups attached to an aromatic ring is 1. The third-order valence-electron chi connectivity index (χ3n) is 2.30. The van der Waals surface area contributed by atoms with Gasteiger partial charge < -0.3 is 20.3 Å². The van der Waals surface area contributed by atoms with Crippen LogP contribution in [0.25, 0.3) is 0 Å². The molecule has 0 aliphatic heterocycles. The molecule has 0 aromatic heterocycles. The minimum Gasteiger partial charge on any atom is -0.488 e. The van der Waals surface area contributed by atoms with Crippen molar-refractivity contribution >= 4 is 32.0 Å². The van der Waals surface area contributed by atoms with Crippen molar-refractivity contribution in [2.45, 2.75) is 6.10 Å². The highest BCUT2D eigenvalue weighted by Crippen LogP contribution is 2.26. The van der Waals surface area contributed by atoms with E-state index in [9.17, 15) is 4.39 Å². The van der Waals surface area contributed by atoms with Crippen LogP contribution in [0.2, 0.25) is 0 Å². The topological polar surface area (TPSA) is 88.6 Å². The number of hydrogen-bond acceptors (Lipinski definition) is 5. The van der Waals surface area contributed by atoms with Crippen molar-refractivity contribution in [1.29, 1.82) is 5.41 Å². The maximum Gasteiger partial charge on any atom is 0.165 e. The van der Waals surface area contributed by atoms with Gasteiger partial charge in [-0.1, -0.05) is 0 Å². The van der Waals surface area contributed by atoms with E-state index in [1.165, 1.54) is 13.2 Å². The highest BCUT2D eigenvalue weighted by Gasteiger charge is 2.13. The molecular formula is C11H14FIN2O3. The molecule has 1 aromatic rings. The Morgan fingerprint density at radius 3 is 2.78 bits per heavy atom. The van der Waals surface area contributed by atoms with Gasteiger partial charge in [0.15, 0.2) is 11.6 Å². The van der Waals surface area contributed by atoms with Crippen LogP contribution in [-0.4, -0.2) is 35.3 Å². The quantitative estimate of drug-likeness (QED) is 0.404. The van der Waals surface area contributed by atoms with Gasteiger partial charge in [-0.05, 0) is 28.7 Å². The van der Waals surface area contributed by atoms with Crippen LogP contribution in [0.3, 0.4) is 0 Å². The van der Waals surface area contributed by atoms with E-state index in [0.717, 1.165) is 6.07 Å². The van der Waals surface area contributed by atoms with Crippen LogP contribution in [-0.2, 0) is 4.74 Å². The van der Waals surface area contributed by atoms with Crippen molar-refractivity contribution in [2.24, 2.45) is 0 Å². The van der Waals surface area contributed by atoms with Crippen molar-refractivity contribution in [3.05, 3.63) is 23.5 Å². The number of ether oxygens (including phenoxy) is 2. The molecule has 0 aliphatic carbocycles. The van der Waals surface area contributed by atoms with Crippen molar-refractivity contribution in [3.8, 4) is 5.75 Å². The van der Waals surface area contributed by atoms with Crippen LogP contribution in [0.4, 0.5) is 10.1 Å². The van der Waals surface area contributed by atoms with E-state index in [0.29, 0.717) is 5.56 Å². The highest BCUT2D eigenvalue weighted by atomic mass is 127. The summed E-state index contributed by atoms with van der Waals surface area (Å²) in [7, 11) is 1.43. The lowest BCUT2D eigenvalue weighted by atomic mass is 10.2. The molecule has 0 spiro atoms. The normalized spacial score (nSPS) is 12.2. The molecule has 0 aliphatic rings. The molecular weight excluding hydrogens is 354 g/mol. The van der Waals surface area contributed by atoms with Crippen molar-refractivity contribution in [2.75, 3.05) is 26.1 Å². The second-order valence-corrected chi connectivity index (χ2v) is 4.61. The fraction of sp³-hybridized carbons (Fsp3) is 0.364. The van der Waals surface area contributed by atoms with Crippen LogP contribution in [0, 0.1) is 11.2 Å². The minimum absolute atomic E-state index is 0.0182. The first-order valence-electron chi connectivity index (χ1n) is 5.09. The van der Waals surface area contributed by atoms with Crippen LogP contribution in [0.1, 0.15) is 5.56 Å². The minimum atomic E-state index is -0.603. The average Bonchev–Trinajstić information content (AvgIpc) is 2.33. The Hall–Kier alpha value is -0.930. The second-order valence-electron chi connectivity index (χ2n) is 3.54. The Balaban J connectivity index is 2.85. The molecule has 1 rings (SSSR count). The number of benzene rings is 1. The number of halogens is 2. The van der Waals surface area contributed by atoms with E-state index in [1.807, 2.05) is 0 Å². The summed E-state index contributed by atoms with van der Waals surface area (Å²) in [6.45, 7) is -0.200. The third-order valence-corrected chi connectivity index (χ3v) is 2.88. The zero-order chi connectivity index (χ0) is 13.7. The van der Waals surface area contributed by atoms with Crippen LogP contribution in [0.15, 0.2) is 12.1 Å². The molecule has 0 bridgehead atoms. The molecule has 18 heavy (non-hydrogen) atoms. The number of anilines is 1. The lowest BCUT2D eigenvalue weighted by molar-refractivity contribution is 0.0155. The molecule has 100 valence electrons. The van der Waals surface area contributed by atoms with Gasteiger partial charge in [-0.15, -0.1) is 0 Å². The van der Waals surface area contributed by atoms with Gasteiger partial charge in [-0.2, -0.15) is 0 Å². The third kappa shape index (κ3) is 3.79. The van der Waals surface area contributed by atoms with Gasteiger partial charge in [0.1, 0.15) is 16.4 Å². The van der Waals surface area contributed by atoms with Gasteiger partial charge in [0.25, 0.3) is 0 Å². The fourth-order valence-corrected chi connectivity index (χ4v) is 1.71. The number of methoxy groups -OCH3 is 1. The first-order valence-corrected chi connectivity index (χ1v) is 6.17. The summed E-state index contributed by atoms with van der Waals surface area (Å²) < 4.78 is 23.9. The molecule has 7 heteroatoms. The Morgan fingerprint density at radius 1 is 1.61 bits per heavy atom. The number of rotatable bonds is 6.